The van der Waals surface area contributed by atoms with E-state index in [2.05, 4.69) is 15.4 Å². The molecule has 3 heterocycles. The summed E-state index contributed by atoms with van der Waals surface area (Å²) in [6.07, 6.45) is 2.90. The van der Waals surface area contributed by atoms with E-state index in [4.69, 9.17) is 19.4 Å². The number of piperidine rings is 1. The van der Waals surface area contributed by atoms with Crippen LogP contribution in [0, 0.1) is 17.6 Å². The first-order valence-corrected chi connectivity index (χ1v) is 13.1. The predicted octanol–water partition coefficient (Wildman–Crippen LogP) is 3.63. The van der Waals surface area contributed by atoms with Crippen LogP contribution in [0.5, 0.6) is 0 Å². The smallest absolute Gasteiger partial charge is 0.245 e. The van der Waals surface area contributed by atoms with Gasteiger partial charge in [-0.05, 0) is 42.4 Å². The van der Waals surface area contributed by atoms with Crippen molar-refractivity contribution in [1.29, 1.82) is 0 Å². The van der Waals surface area contributed by atoms with Crippen LogP contribution in [0.15, 0.2) is 59.6 Å². The summed E-state index contributed by atoms with van der Waals surface area (Å²) in [5.41, 5.74) is 2.22. The van der Waals surface area contributed by atoms with E-state index in [0.29, 0.717) is 46.7 Å². The molecule has 1 aliphatic heterocycles. The number of sulfonamides is 1. The molecule has 36 heavy (non-hydrogen) atoms. The van der Waals surface area contributed by atoms with E-state index in [0.717, 1.165) is 24.1 Å². The number of aromatic nitrogens is 3. The topological polar surface area (TPSA) is 79.6 Å². The van der Waals surface area contributed by atoms with Crippen LogP contribution in [0.2, 0.25) is 5.02 Å². The Bertz CT molecular complexity index is 1550. The van der Waals surface area contributed by atoms with Gasteiger partial charge < -0.3 is 5.32 Å². The fourth-order valence-corrected chi connectivity index (χ4v) is 6.23. The highest BCUT2D eigenvalue weighted by Gasteiger charge is 2.32. The quantitative estimate of drug-likeness (QED) is 0.388. The number of fused-ring (bicyclic) bond motifs is 1. The summed E-state index contributed by atoms with van der Waals surface area (Å²) in [4.78, 5) is 4.09. The van der Waals surface area contributed by atoms with E-state index in [1.165, 1.54) is 10.5 Å². The van der Waals surface area contributed by atoms with Crippen LogP contribution in [-0.2, 0) is 10.0 Å². The summed E-state index contributed by atoms with van der Waals surface area (Å²) in [5, 5.41) is 8.19. The molecule has 0 amide bonds. The van der Waals surface area contributed by atoms with Crippen LogP contribution in [0.1, 0.15) is 12.8 Å². The Morgan fingerprint density at radius 1 is 1.17 bits per heavy atom. The molecule has 12 heteroatoms. The average molecular weight is 528 g/mol. The Morgan fingerprint density at radius 3 is 2.75 bits per heavy atom. The molecule has 5 rings (SSSR count). The van der Waals surface area contributed by atoms with Gasteiger partial charge in [0.05, 0.1) is 5.69 Å². The third-order valence-corrected chi connectivity index (χ3v) is 8.44. The lowest BCUT2D eigenvalue weighted by Crippen LogP contribution is -2.42. The molecule has 1 fully saturated rings. The van der Waals surface area contributed by atoms with Gasteiger partial charge in [0.15, 0.2) is 5.65 Å². The number of benzene rings is 2. The molecule has 4 aromatic rings. The molecule has 1 aliphatic rings. The molecule has 184 valence electrons. The van der Waals surface area contributed by atoms with E-state index in [-0.39, 0.29) is 19.0 Å². The third kappa shape index (κ3) is 4.70. The number of rotatable bonds is 6. The zero-order chi connectivity index (χ0) is 25.4. The van der Waals surface area contributed by atoms with E-state index in [1.54, 1.807) is 10.6 Å². The molecule has 2 aromatic carbocycles. The lowest BCUT2D eigenvalue weighted by atomic mass is 9.99. The Morgan fingerprint density at radius 2 is 1.97 bits per heavy atom. The molecule has 1 saturated heterocycles. The largest absolute Gasteiger partial charge is 0.370 e. The molecule has 0 aliphatic carbocycles. The first-order chi connectivity index (χ1) is 17.2. The van der Waals surface area contributed by atoms with Gasteiger partial charge in [-0.25, -0.2) is 22.2 Å². The van der Waals surface area contributed by atoms with Crippen molar-refractivity contribution in [2.45, 2.75) is 17.7 Å². The minimum Gasteiger partial charge on any atom is -0.370 e. The van der Waals surface area contributed by atoms with Gasteiger partial charge in [0, 0.05) is 48.5 Å². The minimum atomic E-state index is -4.10. The fourth-order valence-electron chi connectivity index (χ4n) is 4.40. The van der Waals surface area contributed by atoms with Crippen molar-refractivity contribution >= 4 is 46.4 Å². The second-order valence-corrected chi connectivity index (χ2v) is 11.0. The molecular weight excluding hydrogens is 507 g/mol. The van der Waals surface area contributed by atoms with E-state index >= 15 is 0 Å². The highest BCUT2D eigenvalue weighted by atomic mass is 35.5. The lowest BCUT2D eigenvalue weighted by molar-refractivity contribution is 0.274. The Labute approximate surface area is 213 Å². The maximum absolute atomic E-state index is 14.2. The standard InChI is InChI=1S/C24H21BClF2N5O2S/c25-18-13-30-33-23(11-21(31-24(18)33)17-5-1-2-6-19(17)26)29-12-15-4-3-9-32(14-15)36(34,35)22-8-7-16(27)10-20(22)28/h1-2,5-8,10-11,13,15,29H,3-4,9,12,14H2. The maximum Gasteiger partial charge on any atom is 0.245 e. The second-order valence-electron chi connectivity index (χ2n) is 8.67. The van der Waals surface area contributed by atoms with Gasteiger partial charge in [-0.15, -0.1) is 0 Å². The molecule has 0 spiro atoms. The van der Waals surface area contributed by atoms with Crippen molar-refractivity contribution < 1.29 is 17.2 Å². The summed E-state index contributed by atoms with van der Waals surface area (Å²) < 4.78 is 56.4. The molecule has 0 bridgehead atoms. The average Bonchev–Trinajstić information content (AvgIpc) is 3.23. The number of nitrogens with zero attached hydrogens (tertiary/aromatic N) is 4. The van der Waals surface area contributed by atoms with Gasteiger partial charge in [-0.3, -0.25) is 0 Å². The number of halogens is 3. The highest BCUT2D eigenvalue weighted by Crippen LogP contribution is 2.29. The summed E-state index contributed by atoms with van der Waals surface area (Å²) in [7, 11) is 1.98. The molecule has 1 atom stereocenters. The summed E-state index contributed by atoms with van der Waals surface area (Å²) in [5.74, 6) is -1.36. The van der Waals surface area contributed by atoms with Gasteiger partial charge in [-0.1, -0.05) is 29.8 Å². The first-order valence-electron chi connectivity index (χ1n) is 11.3. The summed E-state index contributed by atoms with van der Waals surface area (Å²) in [6.45, 7) is 0.888. The van der Waals surface area contributed by atoms with Crippen LogP contribution in [-0.4, -0.2) is 54.8 Å². The molecule has 2 radical (unpaired) electrons. The number of nitrogens with one attached hydrogen (secondary N) is 1. The van der Waals surface area contributed by atoms with Crippen LogP contribution in [0.4, 0.5) is 14.6 Å². The molecule has 1 N–H and O–H groups in total. The van der Waals surface area contributed by atoms with Crippen LogP contribution < -0.4 is 10.8 Å². The molecule has 2 aromatic heterocycles. The molecule has 0 saturated carbocycles. The van der Waals surface area contributed by atoms with Crippen molar-refractivity contribution in [3.05, 3.63) is 71.4 Å². The fraction of sp³-hybridized carbons (Fsp3) is 0.250. The van der Waals surface area contributed by atoms with E-state index in [1.807, 2.05) is 24.3 Å². The van der Waals surface area contributed by atoms with Crippen molar-refractivity contribution in [1.82, 2.24) is 18.9 Å². The van der Waals surface area contributed by atoms with Gasteiger partial charge in [0.25, 0.3) is 0 Å². The van der Waals surface area contributed by atoms with Gasteiger partial charge >= 0.3 is 0 Å². The first kappa shape index (κ1) is 24.7. The summed E-state index contributed by atoms with van der Waals surface area (Å²) in [6, 6.07) is 11.6. The number of anilines is 1. The van der Waals surface area contributed by atoms with Gasteiger partial charge in [-0.2, -0.15) is 13.9 Å². The van der Waals surface area contributed by atoms with Crippen molar-refractivity contribution in [3.8, 4) is 11.3 Å². The zero-order valence-electron chi connectivity index (χ0n) is 19.0. The van der Waals surface area contributed by atoms with Crippen molar-refractivity contribution in [3.63, 3.8) is 0 Å². The van der Waals surface area contributed by atoms with Crippen molar-refractivity contribution in [2.75, 3.05) is 25.0 Å². The predicted molar refractivity (Wildman–Crippen MR) is 135 cm³/mol. The Balaban J connectivity index is 1.38. The highest BCUT2D eigenvalue weighted by molar-refractivity contribution is 7.89. The minimum absolute atomic E-state index is 0.0584. The van der Waals surface area contributed by atoms with Gasteiger partial charge in [0.2, 0.25) is 10.0 Å². The van der Waals surface area contributed by atoms with E-state index in [9.17, 15) is 17.2 Å². The summed E-state index contributed by atoms with van der Waals surface area (Å²) >= 11 is 6.38. The molecular formula is C24H21BClF2N5O2S. The van der Waals surface area contributed by atoms with E-state index < -0.39 is 26.6 Å². The monoisotopic (exact) mass is 527 g/mol. The SMILES string of the molecule is [B]c1cnn2c(NCC3CCCN(S(=O)(=O)c4ccc(F)cc4F)C3)cc(-c3ccccc3Cl)nc12. The van der Waals surface area contributed by atoms with Crippen molar-refractivity contribution in [2.24, 2.45) is 5.92 Å². The lowest BCUT2D eigenvalue weighted by Gasteiger charge is -2.32. The zero-order valence-corrected chi connectivity index (χ0v) is 20.6. The molecule has 1 unspecified atom stereocenters. The number of hydrogen-bond acceptors (Lipinski definition) is 5. The van der Waals surface area contributed by atoms with Gasteiger partial charge in [0.1, 0.15) is 30.2 Å². The maximum atomic E-state index is 14.2. The Hall–Kier alpha value is -3.02. The second kappa shape index (κ2) is 9.80. The number of hydrogen-bond donors (Lipinski definition) is 1. The van der Waals surface area contributed by atoms with Crippen LogP contribution in [0.25, 0.3) is 16.9 Å². The molecule has 7 nitrogen and oxygen atoms in total. The Kier molecular flexibility index (Phi) is 6.71. The normalized spacial score (nSPS) is 16.9. The van der Waals surface area contributed by atoms with Crippen LogP contribution in [0.3, 0.4) is 0 Å². The third-order valence-electron chi connectivity index (χ3n) is 6.21. The van der Waals surface area contributed by atoms with Crippen LogP contribution >= 0.6 is 11.6 Å².